The number of carbonyl (C=O) groups is 1. The van der Waals surface area contributed by atoms with Crippen LogP contribution < -0.4 is 11.1 Å². The second kappa shape index (κ2) is 5.04. The molecule has 1 aromatic heterocycles. The van der Waals surface area contributed by atoms with Crippen molar-refractivity contribution >= 4 is 17.2 Å². The van der Waals surface area contributed by atoms with E-state index in [0.717, 1.165) is 9.88 Å². The summed E-state index contributed by atoms with van der Waals surface area (Å²) >= 11 is 1.58. The summed E-state index contributed by atoms with van der Waals surface area (Å²) in [5.74, 6) is -0.710. The first-order valence-electron chi connectivity index (χ1n) is 4.19. The maximum absolute atomic E-state index is 10.5. The fourth-order valence-corrected chi connectivity index (χ4v) is 1.68. The Morgan fingerprint density at radius 3 is 3.07 bits per heavy atom. The number of hydrogen-bond acceptors (Lipinski definition) is 5. The van der Waals surface area contributed by atoms with Gasteiger partial charge < -0.3 is 16.2 Å². The highest BCUT2D eigenvalue weighted by atomic mass is 32.1. The molecule has 1 aromatic rings. The smallest absolute Gasteiger partial charge is 0.247 e. The van der Waals surface area contributed by atoms with E-state index in [2.05, 4.69) is 10.3 Å². The molecule has 1 atom stereocenters. The molecule has 0 fully saturated rings. The van der Waals surface area contributed by atoms with Crippen LogP contribution >= 0.6 is 11.3 Å². The monoisotopic (exact) mass is 215 g/mol. The predicted molar refractivity (Wildman–Crippen MR) is 53.8 cm³/mol. The lowest BCUT2D eigenvalue weighted by atomic mass is 10.3. The van der Waals surface area contributed by atoms with Crippen molar-refractivity contribution in [3.05, 3.63) is 16.1 Å². The fraction of sp³-hybridized carbons (Fsp3) is 0.500. The topological polar surface area (TPSA) is 88.2 Å². The normalized spacial score (nSPS) is 12.7. The minimum atomic E-state index is -1.12. The number of nitrogens with two attached hydrogens (primary N) is 1. The Kier molecular flexibility index (Phi) is 3.99. The third-order valence-electron chi connectivity index (χ3n) is 1.63. The van der Waals surface area contributed by atoms with Gasteiger partial charge in [-0.1, -0.05) is 0 Å². The van der Waals surface area contributed by atoms with E-state index in [1.807, 2.05) is 6.92 Å². The van der Waals surface area contributed by atoms with E-state index >= 15 is 0 Å². The number of amides is 1. The van der Waals surface area contributed by atoms with Crippen molar-refractivity contribution in [1.29, 1.82) is 0 Å². The number of aliphatic hydroxyl groups excluding tert-OH is 1. The van der Waals surface area contributed by atoms with Crippen LogP contribution in [0.5, 0.6) is 0 Å². The summed E-state index contributed by atoms with van der Waals surface area (Å²) in [6, 6.07) is 0. The van der Waals surface area contributed by atoms with E-state index in [4.69, 9.17) is 10.8 Å². The van der Waals surface area contributed by atoms with Crippen molar-refractivity contribution in [2.75, 3.05) is 6.54 Å². The van der Waals surface area contributed by atoms with Crippen molar-refractivity contribution in [3.8, 4) is 0 Å². The van der Waals surface area contributed by atoms with Gasteiger partial charge >= 0.3 is 0 Å². The number of nitrogens with one attached hydrogen (secondary N) is 1. The van der Waals surface area contributed by atoms with Gasteiger partial charge in [-0.2, -0.15) is 0 Å². The Morgan fingerprint density at radius 2 is 2.57 bits per heavy atom. The van der Waals surface area contributed by atoms with Gasteiger partial charge in [0, 0.05) is 24.2 Å². The highest BCUT2D eigenvalue weighted by Crippen LogP contribution is 2.10. The average Bonchev–Trinajstić information content (AvgIpc) is 2.51. The zero-order valence-electron chi connectivity index (χ0n) is 7.86. The number of primary amides is 1. The standard InChI is InChI=1S/C8H13N3O2S/c1-5-11-3-6(14-5)2-10-4-7(12)8(9)13/h3,7,10,12H,2,4H2,1H3,(H2,9,13). The van der Waals surface area contributed by atoms with Crippen molar-refractivity contribution in [2.24, 2.45) is 5.73 Å². The quantitative estimate of drug-likeness (QED) is 0.611. The lowest BCUT2D eigenvalue weighted by Gasteiger charge is -2.06. The van der Waals surface area contributed by atoms with Gasteiger partial charge in [0.1, 0.15) is 6.10 Å². The molecule has 0 aliphatic rings. The Balaban J connectivity index is 2.25. The number of rotatable bonds is 5. The summed E-state index contributed by atoms with van der Waals surface area (Å²) in [5.41, 5.74) is 4.88. The van der Waals surface area contributed by atoms with Crippen LogP contribution in [0, 0.1) is 6.92 Å². The molecule has 0 saturated carbocycles. The molecular formula is C8H13N3O2S. The lowest BCUT2D eigenvalue weighted by Crippen LogP contribution is -2.37. The lowest BCUT2D eigenvalue weighted by molar-refractivity contribution is -0.125. The van der Waals surface area contributed by atoms with Crippen LogP contribution in [0.4, 0.5) is 0 Å². The highest BCUT2D eigenvalue weighted by Gasteiger charge is 2.09. The molecule has 14 heavy (non-hydrogen) atoms. The highest BCUT2D eigenvalue weighted by molar-refractivity contribution is 7.11. The van der Waals surface area contributed by atoms with E-state index < -0.39 is 12.0 Å². The second-order valence-corrected chi connectivity index (χ2v) is 4.21. The molecule has 0 aromatic carbocycles. The van der Waals surface area contributed by atoms with Crippen molar-refractivity contribution < 1.29 is 9.90 Å². The average molecular weight is 215 g/mol. The van der Waals surface area contributed by atoms with E-state index in [1.54, 1.807) is 17.5 Å². The molecule has 0 saturated heterocycles. The maximum atomic E-state index is 10.5. The molecule has 78 valence electrons. The molecule has 0 spiro atoms. The Labute approximate surface area is 86.0 Å². The minimum absolute atomic E-state index is 0.173. The van der Waals surface area contributed by atoms with Crippen LogP contribution in [0.1, 0.15) is 9.88 Å². The van der Waals surface area contributed by atoms with Gasteiger partial charge in [-0.05, 0) is 6.92 Å². The number of hydrogen-bond donors (Lipinski definition) is 3. The van der Waals surface area contributed by atoms with Gasteiger partial charge in [0.25, 0.3) is 0 Å². The van der Waals surface area contributed by atoms with Gasteiger partial charge in [0.05, 0.1) is 5.01 Å². The summed E-state index contributed by atoms with van der Waals surface area (Å²) in [6.07, 6.45) is 0.646. The van der Waals surface area contributed by atoms with Gasteiger partial charge in [0.2, 0.25) is 5.91 Å². The summed E-state index contributed by atoms with van der Waals surface area (Å²) in [4.78, 5) is 15.6. The molecule has 1 amide bonds. The van der Waals surface area contributed by atoms with Crippen LogP contribution in [0.2, 0.25) is 0 Å². The number of aromatic nitrogens is 1. The third kappa shape index (κ3) is 3.41. The van der Waals surface area contributed by atoms with E-state index in [9.17, 15) is 4.79 Å². The van der Waals surface area contributed by atoms with Crippen LogP contribution in [-0.2, 0) is 11.3 Å². The first-order valence-corrected chi connectivity index (χ1v) is 5.00. The van der Waals surface area contributed by atoms with E-state index in [1.165, 1.54) is 0 Å². The molecule has 0 aliphatic heterocycles. The van der Waals surface area contributed by atoms with Gasteiger partial charge in [-0.25, -0.2) is 4.98 Å². The van der Waals surface area contributed by atoms with Crippen LogP contribution in [0.3, 0.4) is 0 Å². The molecule has 0 aliphatic carbocycles. The molecule has 0 radical (unpaired) electrons. The molecule has 1 unspecified atom stereocenters. The van der Waals surface area contributed by atoms with Gasteiger partial charge in [0.15, 0.2) is 0 Å². The molecule has 1 heterocycles. The van der Waals surface area contributed by atoms with Crippen molar-refractivity contribution in [3.63, 3.8) is 0 Å². The Hall–Kier alpha value is -0.980. The largest absolute Gasteiger partial charge is 0.382 e. The minimum Gasteiger partial charge on any atom is -0.382 e. The third-order valence-corrected chi connectivity index (χ3v) is 2.55. The van der Waals surface area contributed by atoms with Crippen LogP contribution in [-0.4, -0.2) is 28.6 Å². The molecular weight excluding hydrogens is 202 g/mol. The fourth-order valence-electron chi connectivity index (χ4n) is 0.920. The summed E-state index contributed by atoms with van der Waals surface area (Å²) in [6.45, 7) is 2.69. The number of aryl methyl sites for hydroxylation is 1. The molecule has 4 N–H and O–H groups in total. The van der Waals surface area contributed by atoms with Crippen molar-refractivity contribution in [1.82, 2.24) is 10.3 Å². The molecule has 0 bridgehead atoms. The van der Waals surface area contributed by atoms with E-state index in [-0.39, 0.29) is 6.54 Å². The predicted octanol–water partition coefficient (Wildman–Crippen LogP) is -0.613. The zero-order valence-corrected chi connectivity index (χ0v) is 8.67. The van der Waals surface area contributed by atoms with Gasteiger partial charge in [-0.15, -0.1) is 11.3 Å². The number of carbonyl (C=O) groups excluding carboxylic acids is 1. The SMILES string of the molecule is Cc1ncc(CNCC(O)C(N)=O)s1. The van der Waals surface area contributed by atoms with Crippen LogP contribution in [0.15, 0.2) is 6.20 Å². The first kappa shape index (κ1) is 11.1. The Bertz CT molecular complexity index is 313. The van der Waals surface area contributed by atoms with Crippen LogP contribution in [0.25, 0.3) is 0 Å². The summed E-state index contributed by atoms with van der Waals surface area (Å²) in [7, 11) is 0. The first-order chi connectivity index (χ1) is 6.59. The summed E-state index contributed by atoms with van der Waals surface area (Å²) < 4.78 is 0. The number of thiazole rings is 1. The number of aliphatic hydroxyl groups is 1. The van der Waals surface area contributed by atoms with Gasteiger partial charge in [-0.3, -0.25) is 4.79 Å². The second-order valence-electron chi connectivity index (χ2n) is 2.89. The zero-order chi connectivity index (χ0) is 10.6. The summed E-state index contributed by atoms with van der Waals surface area (Å²) in [5, 5.41) is 13.0. The molecule has 5 nitrogen and oxygen atoms in total. The Morgan fingerprint density at radius 1 is 1.86 bits per heavy atom. The molecule has 6 heteroatoms. The maximum Gasteiger partial charge on any atom is 0.247 e. The number of nitrogens with zero attached hydrogens (tertiary/aromatic N) is 1. The van der Waals surface area contributed by atoms with E-state index in [0.29, 0.717) is 6.54 Å². The van der Waals surface area contributed by atoms with Crippen molar-refractivity contribution in [2.45, 2.75) is 19.6 Å². The molecule has 1 rings (SSSR count).